The molecular formula is C17H19N3O3. The van der Waals surface area contributed by atoms with Gasteiger partial charge in [0.05, 0.1) is 11.5 Å². The Morgan fingerprint density at radius 1 is 1.13 bits per heavy atom. The highest BCUT2D eigenvalue weighted by atomic mass is 16.6. The number of nitro benzene ring substituents is 1. The molecule has 0 aromatic heterocycles. The van der Waals surface area contributed by atoms with Gasteiger partial charge in [0, 0.05) is 11.8 Å². The van der Waals surface area contributed by atoms with Crippen LogP contribution in [0, 0.1) is 30.9 Å². The van der Waals surface area contributed by atoms with E-state index in [1.807, 2.05) is 32.0 Å². The Balaban J connectivity index is 2.07. The normalized spacial score (nSPS) is 10.2. The van der Waals surface area contributed by atoms with E-state index >= 15 is 0 Å². The zero-order valence-corrected chi connectivity index (χ0v) is 13.3. The van der Waals surface area contributed by atoms with Crippen LogP contribution in [0.3, 0.4) is 0 Å². The lowest BCUT2D eigenvalue weighted by molar-refractivity contribution is -0.384. The predicted molar refractivity (Wildman–Crippen MR) is 90.9 cm³/mol. The van der Waals surface area contributed by atoms with Crippen molar-refractivity contribution in [2.75, 3.05) is 17.2 Å². The molecule has 6 heteroatoms. The lowest BCUT2D eigenvalue weighted by atomic mass is 10.1. The van der Waals surface area contributed by atoms with E-state index in [1.165, 1.54) is 6.07 Å². The maximum absolute atomic E-state index is 12.1. The van der Waals surface area contributed by atoms with Crippen molar-refractivity contribution >= 4 is 23.0 Å². The van der Waals surface area contributed by atoms with E-state index in [1.54, 1.807) is 19.1 Å². The number of benzene rings is 2. The topological polar surface area (TPSA) is 84.3 Å². The van der Waals surface area contributed by atoms with Crippen LogP contribution in [0.5, 0.6) is 0 Å². The highest BCUT2D eigenvalue weighted by Gasteiger charge is 2.15. The minimum absolute atomic E-state index is 0.0372. The molecule has 0 saturated carbocycles. The second kappa shape index (κ2) is 6.91. The molecule has 0 radical (unpaired) electrons. The van der Waals surface area contributed by atoms with Gasteiger partial charge >= 0.3 is 0 Å². The van der Waals surface area contributed by atoms with E-state index < -0.39 is 4.92 Å². The summed E-state index contributed by atoms with van der Waals surface area (Å²) in [6, 6.07) is 10.6. The summed E-state index contributed by atoms with van der Waals surface area (Å²) in [6.07, 6.45) is 0. The Hall–Kier alpha value is -2.89. The van der Waals surface area contributed by atoms with Crippen molar-refractivity contribution in [2.45, 2.75) is 20.8 Å². The van der Waals surface area contributed by atoms with Crippen molar-refractivity contribution in [1.29, 1.82) is 0 Å². The quantitative estimate of drug-likeness (QED) is 0.653. The summed E-state index contributed by atoms with van der Waals surface area (Å²) >= 11 is 0. The molecule has 0 heterocycles. The molecule has 0 saturated heterocycles. The molecule has 2 N–H and O–H groups in total. The minimum atomic E-state index is -0.460. The highest BCUT2D eigenvalue weighted by molar-refractivity contribution is 5.95. The molecule has 2 rings (SSSR count). The van der Waals surface area contributed by atoms with Crippen LogP contribution in [0.15, 0.2) is 36.4 Å². The zero-order valence-electron chi connectivity index (χ0n) is 13.3. The monoisotopic (exact) mass is 313 g/mol. The number of anilines is 2. The third kappa shape index (κ3) is 4.06. The van der Waals surface area contributed by atoms with Crippen LogP contribution in [0.25, 0.3) is 0 Å². The number of nitrogens with zero attached hydrogens (tertiary/aromatic N) is 1. The number of nitrogens with one attached hydrogen (secondary N) is 2. The molecule has 120 valence electrons. The lowest BCUT2D eigenvalue weighted by Crippen LogP contribution is -2.23. The van der Waals surface area contributed by atoms with Gasteiger partial charge in [-0.3, -0.25) is 14.9 Å². The fourth-order valence-corrected chi connectivity index (χ4v) is 2.31. The summed E-state index contributed by atoms with van der Waals surface area (Å²) in [5.74, 6) is -0.253. The van der Waals surface area contributed by atoms with Crippen molar-refractivity contribution in [1.82, 2.24) is 0 Å². The van der Waals surface area contributed by atoms with E-state index in [4.69, 9.17) is 0 Å². The fourth-order valence-electron chi connectivity index (χ4n) is 2.31. The Morgan fingerprint density at radius 2 is 1.78 bits per heavy atom. The maximum Gasteiger partial charge on any atom is 0.292 e. The standard InChI is InChI=1S/C17H19N3O3/c1-11-7-8-14(15(9-11)20(22)23)18-10-16(21)19-17-12(2)5-4-6-13(17)3/h4-9,18H,10H2,1-3H3,(H,19,21). The summed E-state index contributed by atoms with van der Waals surface area (Å²) < 4.78 is 0. The molecule has 0 spiro atoms. The van der Waals surface area contributed by atoms with Crippen LogP contribution in [-0.4, -0.2) is 17.4 Å². The number of carbonyl (C=O) groups excluding carboxylic acids is 1. The SMILES string of the molecule is Cc1ccc(NCC(=O)Nc2c(C)cccc2C)c([N+](=O)[O-])c1. The number of para-hydroxylation sites is 1. The molecule has 23 heavy (non-hydrogen) atoms. The summed E-state index contributed by atoms with van der Waals surface area (Å²) in [4.78, 5) is 22.7. The first-order valence-corrected chi connectivity index (χ1v) is 7.23. The second-order valence-corrected chi connectivity index (χ2v) is 5.45. The molecule has 6 nitrogen and oxygen atoms in total. The molecule has 0 bridgehead atoms. The van der Waals surface area contributed by atoms with E-state index in [9.17, 15) is 14.9 Å². The molecule has 1 amide bonds. The van der Waals surface area contributed by atoms with Gasteiger partial charge in [-0.05, 0) is 43.5 Å². The van der Waals surface area contributed by atoms with Crippen LogP contribution < -0.4 is 10.6 Å². The van der Waals surface area contributed by atoms with E-state index in [-0.39, 0.29) is 18.1 Å². The summed E-state index contributed by atoms with van der Waals surface area (Å²) in [5, 5.41) is 16.7. The van der Waals surface area contributed by atoms with Crippen LogP contribution in [0.1, 0.15) is 16.7 Å². The predicted octanol–water partition coefficient (Wildman–Crippen LogP) is 3.57. The Bertz CT molecular complexity index is 736. The first-order chi connectivity index (χ1) is 10.9. The molecule has 2 aromatic carbocycles. The summed E-state index contributed by atoms with van der Waals surface area (Å²) in [6.45, 7) is 5.57. The smallest absolute Gasteiger partial charge is 0.292 e. The van der Waals surface area contributed by atoms with Gasteiger partial charge in [-0.25, -0.2) is 0 Å². The highest BCUT2D eigenvalue weighted by Crippen LogP contribution is 2.25. The number of nitro groups is 1. The van der Waals surface area contributed by atoms with Gasteiger partial charge in [0.15, 0.2) is 0 Å². The van der Waals surface area contributed by atoms with E-state index in [2.05, 4.69) is 10.6 Å². The Morgan fingerprint density at radius 3 is 2.39 bits per heavy atom. The van der Waals surface area contributed by atoms with Gasteiger partial charge in [-0.2, -0.15) is 0 Å². The van der Waals surface area contributed by atoms with Gasteiger partial charge in [0.25, 0.3) is 5.69 Å². The van der Waals surface area contributed by atoms with Crippen molar-refractivity contribution in [2.24, 2.45) is 0 Å². The van der Waals surface area contributed by atoms with Gasteiger partial charge in [-0.1, -0.05) is 24.3 Å². The van der Waals surface area contributed by atoms with Gasteiger partial charge < -0.3 is 10.6 Å². The van der Waals surface area contributed by atoms with Crippen LogP contribution >= 0.6 is 0 Å². The number of hydrogen-bond donors (Lipinski definition) is 2. The molecule has 0 atom stereocenters. The third-order valence-corrected chi connectivity index (χ3v) is 3.53. The lowest BCUT2D eigenvalue weighted by Gasteiger charge is -2.12. The summed E-state index contributed by atoms with van der Waals surface area (Å²) in [7, 11) is 0. The van der Waals surface area contributed by atoms with E-state index in [0.717, 1.165) is 22.4 Å². The van der Waals surface area contributed by atoms with Crippen LogP contribution in [0.4, 0.5) is 17.1 Å². The first-order valence-electron chi connectivity index (χ1n) is 7.23. The minimum Gasteiger partial charge on any atom is -0.371 e. The number of aryl methyl sites for hydroxylation is 3. The fraction of sp³-hybridized carbons (Fsp3) is 0.235. The van der Waals surface area contributed by atoms with Crippen molar-refractivity contribution < 1.29 is 9.72 Å². The van der Waals surface area contributed by atoms with Crippen molar-refractivity contribution in [3.05, 3.63) is 63.2 Å². The number of carbonyl (C=O) groups is 1. The van der Waals surface area contributed by atoms with Crippen molar-refractivity contribution in [3.63, 3.8) is 0 Å². The third-order valence-electron chi connectivity index (χ3n) is 3.53. The number of hydrogen-bond acceptors (Lipinski definition) is 4. The molecule has 2 aromatic rings. The average molecular weight is 313 g/mol. The second-order valence-electron chi connectivity index (χ2n) is 5.45. The molecule has 0 aliphatic rings. The number of rotatable bonds is 5. The maximum atomic E-state index is 12.1. The van der Waals surface area contributed by atoms with E-state index in [0.29, 0.717) is 5.69 Å². The molecule has 0 unspecified atom stereocenters. The van der Waals surface area contributed by atoms with Gasteiger partial charge in [0.2, 0.25) is 5.91 Å². The van der Waals surface area contributed by atoms with Crippen LogP contribution in [-0.2, 0) is 4.79 Å². The Labute approximate surface area is 134 Å². The summed E-state index contributed by atoms with van der Waals surface area (Å²) in [5.41, 5.74) is 3.81. The molecule has 0 aliphatic heterocycles. The zero-order chi connectivity index (χ0) is 17.0. The van der Waals surface area contributed by atoms with Gasteiger partial charge in [0.1, 0.15) is 5.69 Å². The Kier molecular flexibility index (Phi) is 4.95. The largest absolute Gasteiger partial charge is 0.371 e. The molecule has 0 aliphatic carbocycles. The first kappa shape index (κ1) is 16.5. The van der Waals surface area contributed by atoms with Gasteiger partial charge in [-0.15, -0.1) is 0 Å². The average Bonchev–Trinajstić information content (AvgIpc) is 2.49. The number of amides is 1. The molecule has 0 fully saturated rings. The molecular weight excluding hydrogens is 294 g/mol. The van der Waals surface area contributed by atoms with Crippen molar-refractivity contribution in [3.8, 4) is 0 Å². The van der Waals surface area contributed by atoms with Crippen LogP contribution in [0.2, 0.25) is 0 Å².